The van der Waals surface area contributed by atoms with Crippen LogP contribution < -0.4 is 5.32 Å². The number of nitrogens with zero attached hydrogens (tertiary/aromatic N) is 2. The maximum Gasteiger partial charge on any atom is 0.268 e. The molecule has 1 amide bonds. The topological polar surface area (TPSA) is 70.9 Å². The van der Waals surface area contributed by atoms with Gasteiger partial charge in [-0.15, -0.1) is 4.91 Å². The third-order valence-corrected chi connectivity index (χ3v) is 3.30. The lowest BCUT2D eigenvalue weighted by molar-refractivity contribution is -0.122. The molecule has 5 nitrogen and oxygen atoms in total. The Hall–Kier alpha value is -2.82. The quantitative estimate of drug-likeness (QED) is 0.845. The van der Waals surface area contributed by atoms with E-state index < -0.39 is 5.54 Å². The van der Waals surface area contributed by atoms with Crippen LogP contribution in [0.5, 0.6) is 0 Å². The number of benzene rings is 2. The Balaban J connectivity index is 2.27. The number of hydrogen-bond donors (Lipinski definition) is 1. The molecule has 0 saturated heterocycles. The maximum absolute atomic E-state index is 12.4. The molecule has 2 aromatic carbocycles. The van der Waals surface area contributed by atoms with Crippen LogP contribution in [-0.2, 0) is 10.3 Å². The lowest BCUT2D eigenvalue weighted by Gasteiger charge is -2.24. The van der Waals surface area contributed by atoms with E-state index in [1.807, 2.05) is 60.7 Å². The molecule has 0 radical (unpaired) electrons. The number of nitroso groups, excluding NO2 is 1. The molecule has 2 aromatic rings. The van der Waals surface area contributed by atoms with E-state index in [0.29, 0.717) is 11.1 Å². The first-order valence-corrected chi connectivity index (χ1v) is 6.13. The van der Waals surface area contributed by atoms with Crippen molar-refractivity contribution in [1.82, 2.24) is 5.32 Å². The molecular weight excluding hydrogens is 254 g/mol. The molecular formula is C15H11N3O2. The van der Waals surface area contributed by atoms with Gasteiger partial charge in [-0.3, -0.25) is 10.1 Å². The second kappa shape index (κ2) is 4.70. The average molecular weight is 265 g/mol. The minimum absolute atomic E-state index is 0.192. The van der Waals surface area contributed by atoms with Crippen molar-refractivity contribution in [2.45, 2.75) is 5.54 Å². The summed E-state index contributed by atoms with van der Waals surface area (Å²) in [4.78, 5) is 27.4. The number of guanidine groups is 1. The highest BCUT2D eigenvalue weighted by Gasteiger charge is 2.47. The van der Waals surface area contributed by atoms with E-state index in [0.717, 1.165) is 0 Å². The summed E-state index contributed by atoms with van der Waals surface area (Å²) in [6.45, 7) is 0. The molecule has 0 saturated carbocycles. The zero-order chi connectivity index (χ0) is 14.0. The number of aliphatic imine (C=N–C) groups is 1. The first-order chi connectivity index (χ1) is 9.77. The minimum Gasteiger partial charge on any atom is -0.289 e. The molecule has 0 spiro atoms. The Bertz CT molecular complexity index is 641. The van der Waals surface area contributed by atoms with Crippen LogP contribution in [0.3, 0.4) is 0 Å². The first kappa shape index (κ1) is 12.2. The van der Waals surface area contributed by atoms with Crippen LogP contribution in [0.4, 0.5) is 0 Å². The molecule has 98 valence electrons. The van der Waals surface area contributed by atoms with Gasteiger partial charge >= 0.3 is 0 Å². The van der Waals surface area contributed by atoms with Crippen LogP contribution in [0, 0.1) is 4.91 Å². The van der Waals surface area contributed by atoms with E-state index >= 15 is 0 Å². The highest BCUT2D eigenvalue weighted by Crippen LogP contribution is 2.36. The van der Waals surface area contributed by atoms with Crippen LogP contribution in [0.25, 0.3) is 0 Å². The van der Waals surface area contributed by atoms with Gasteiger partial charge in [-0.2, -0.15) is 0 Å². The van der Waals surface area contributed by atoms with Crippen molar-refractivity contribution >= 4 is 11.9 Å². The predicted molar refractivity (Wildman–Crippen MR) is 75.0 cm³/mol. The maximum atomic E-state index is 12.4. The van der Waals surface area contributed by atoms with Crippen molar-refractivity contribution in [1.29, 1.82) is 0 Å². The Morgan fingerprint density at radius 1 is 0.900 bits per heavy atom. The standard InChI is InChI=1S/C15H11N3O2/c19-13-15(17-14(16-13)18-20,11-7-3-1-4-8-11)12-9-5-2-6-10-12/h1-10H,(H,16,17,19). The first-order valence-electron chi connectivity index (χ1n) is 6.13. The summed E-state index contributed by atoms with van der Waals surface area (Å²) in [5, 5.41) is 5.18. The van der Waals surface area contributed by atoms with Gasteiger partial charge in [-0.25, -0.2) is 4.99 Å². The number of carbonyl (C=O) groups excluding carboxylic acids is 1. The van der Waals surface area contributed by atoms with Crippen LogP contribution >= 0.6 is 0 Å². The van der Waals surface area contributed by atoms with Crippen molar-refractivity contribution in [3.05, 3.63) is 76.7 Å². The summed E-state index contributed by atoms with van der Waals surface area (Å²) in [5.74, 6) is -0.563. The van der Waals surface area contributed by atoms with E-state index in [2.05, 4.69) is 15.5 Å². The van der Waals surface area contributed by atoms with Crippen molar-refractivity contribution in [2.75, 3.05) is 0 Å². The van der Waals surface area contributed by atoms with E-state index in [1.165, 1.54) is 0 Å². The van der Waals surface area contributed by atoms with Gasteiger partial charge in [-0.05, 0) is 11.1 Å². The minimum atomic E-state index is -1.24. The number of rotatable bonds is 2. The van der Waals surface area contributed by atoms with Crippen LogP contribution in [0.2, 0.25) is 0 Å². The van der Waals surface area contributed by atoms with Gasteiger partial charge in [0.25, 0.3) is 11.9 Å². The molecule has 0 unspecified atom stereocenters. The molecule has 20 heavy (non-hydrogen) atoms. The molecule has 0 bridgehead atoms. The number of nitrogens with one attached hydrogen (secondary N) is 1. The second-order valence-corrected chi connectivity index (χ2v) is 4.42. The molecule has 1 aliphatic heterocycles. The van der Waals surface area contributed by atoms with Gasteiger partial charge in [0.1, 0.15) is 0 Å². The van der Waals surface area contributed by atoms with E-state index in [1.54, 1.807) is 0 Å². The molecule has 0 atom stereocenters. The van der Waals surface area contributed by atoms with Crippen molar-refractivity contribution < 1.29 is 4.79 Å². The van der Waals surface area contributed by atoms with Gasteiger partial charge < -0.3 is 0 Å². The third-order valence-electron chi connectivity index (χ3n) is 3.30. The highest BCUT2D eigenvalue weighted by molar-refractivity contribution is 6.09. The molecule has 1 aliphatic rings. The largest absolute Gasteiger partial charge is 0.289 e. The third kappa shape index (κ3) is 1.72. The van der Waals surface area contributed by atoms with Gasteiger partial charge in [-0.1, -0.05) is 60.7 Å². The van der Waals surface area contributed by atoms with E-state index in [-0.39, 0.29) is 11.9 Å². The Kier molecular flexibility index (Phi) is 2.87. The van der Waals surface area contributed by atoms with Crippen LogP contribution in [-0.4, -0.2) is 11.9 Å². The number of amides is 1. The van der Waals surface area contributed by atoms with Crippen molar-refractivity contribution in [3.63, 3.8) is 0 Å². The van der Waals surface area contributed by atoms with Crippen LogP contribution in [0.1, 0.15) is 11.1 Å². The summed E-state index contributed by atoms with van der Waals surface area (Å²) in [5.41, 5.74) is 0.149. The summed E-state index contributed by atoms with van der Waals surface area (Å²) in [6, 6.07) is 18.3. The molecule has 1 heterocycles. The van der Waals surface area contributed by atoms with Crippen molar-refractivity contribution in [2.24, 2.45) is 10.2 Å². The van der Waals surface area contributed by atoms with Gasteiger partial charge in [0.05, 0.1) is 0 Å². The predicted octanol–water partition coefficient (Wildman–Crippen LogP) is 2.18. The lowest BCUT2D eigenvalue weighted by atomic mass is 9.83. The average Bonchev–Trinajstić information content (AvgIpc) is 2.87. The molecule has 1 N–H and O–H groups in total. The fourth-order valence-electron chi connectivity index (χ4n) is 2.39. The second-order valence-electron chi connectivity index (χ2n) is 4.42. The van der Waals surface area contributed by atoms with Crippen LogP contribution in [0.15, 0.2) is 70.8 Å². The Morgan fingerprint density at radius 3 is 1.80 bits per heavy atom. The number of hydrogen-bond acceptors (Lipinski definition) is 4. The molecule has 3 rings (SSSR count). The van der Waals surface area contributed by atoms with Gasteiger partial charge in [0, 0.05) is 5.18 Å². The molecule has 0 fully saturated rings. The fraction of sp³-hybridized carbons (Fsp3) is 0.0667. The summed E-state index contributed by atoms with van der Waals surface area (Å²) in [6.07, 6.45) is 0. The Labute approximate surface area is 115 Å². The SMILES string of the molecule is O=NC1=NC(c2ccccc2)(c2ccccc2)C(=O)N1. The zero-order valence-electron chi connectivity index (χ0n) is 10.5. The summed E-state index contributed by atoms with van der Waals surface area (Å²) < 4.78 is 0. The van der Waals surface area contributed by atoms with Crippen molar-refractivity contribution in [3.8, 4) is 0 Å². The Morgan fingerprint density at radius 2 is 1.40 bits per heavy atom. The number of carbonyl (C=O) groups is 1. The summed E-state index contributed by atoms with van der Waals surface area (Å²) in [7, 11) is 0. The highest BCUT2D eigenvalue weighted by atomic mass is 16.3. The summed E-state index contributed by atoms with van der Waals surface area (Å²) >= 11 is 0. The van der Waals surface area contributed by atoms with E-state index in [9.17, 15) is 9.70 Å². The normalized spacial score (nSPS) is 16.4. The van der Waals surface area contributed by atoms with E-state index in [4.69, 9.17) is 0 Å². The van der Waals surface area contributed by atoms with Gasteiger partial charge in [0.2, 0.25) is 0 Å². The monoisotopic (exact) mass is 265 g/mol. The molecule has 5 heteroatoms. The van der Waals surface area contributed by atoms with Gasteiger partial charge in [0.15, 0.2) is 5.54 Å². The molecule has 0 aliphatic carbocycles. The zero-order valence-corrected chi connectivity index (χ0v) is 10.5. The lowest BCUT2D eigenvalue weighted by Crippen LogP contribution is -2.38. The smallest absolute Gasteiger partial charge is 0.268 e. The fourth-order valence-corrected chi connectivity index (χ4v) is 2.39. The molecule has 0 aromatic heterocycles.